The summed E-state index contributed by atoms with van der Waals surface area (Å²) in [5.41, 5.74) is 3.26. The van der Waals surface area contributed by atoms with Crippen molar-refractivity contribution in [3.63, 3.8) is 0 Å². The summed E-state index contributed by atoms with van der Waals surface area (Å²) in [6.07, 6.45) is 4.07. The molecule has 0 aliphatic carbocycles. The zero-order chi connectivity index (χ0) is 18.7. The van der Waals surface area contributed by atoms with Crippen molar-refractivity contribution in [3.05, 3.63) is 48.0 Å². The number of unbranched alkanes of at least 4 members (excludes halogenated alkanes) is 2. The van der Waals surface area contributed by atoms with Crippen molar-refractivity contribution < 1.29 is 4.79 Å². The average Bonchev–Trinajstić information content (AvgIpc) is 2.56. The Hall–Kier alpha value is -1.88. The van der Waals surface area contributed by atoms with E-state index >= 15 is 0 Å². The molecule has 0 fully saturated rings. The number of anilines is 2. The fraction of sp³-hybridized carbons (Fsp3) is 0.450. The third-order valence-electron chi connectivity index (χ3n) is 3.61. The molecule has 25 heavy (non-hydrogen) atoms. The van der Waals surface area contributed by atoms with Crippen molar-refractivity contribution in [2.24, 2.45) is 0 Å². The van der Waals surface area contributed by atoms with E-state index in [1.165, 1.54) is 17.4 Å². The summed E-state index contributed by atoms with van der Waals surface area (Å²) in [4.78, 5) is 14.6. The normalized spacial score (nSPS) is 10.2. The van der Waals surface area contributed by atoms with Gasteiger partial charge in [0.25, 0.3) is 0 Å². The third kappa shape index (κ3) is 9.87. The van der Waals surface area contributed by atoms with E-state index in [4.69, 9.17) is 0 Å². The van der Waals surface area contributed by atoms with Gasteiger partial charge in [-0.3, -0.25) is 4.79 Å². The molecule has 2 N–H and O–H groups in total. The highest BCUT2D eigenvalue weighted by atomic mass is 32.2. The number of nitrogens with one attached hydrogen (secondary N) is 2. The summed E-state index contributed by atoms with van der Waals surface area (Å²) >= 11 is 1.49. The highest BCUT2D eigenvalue weighted by Gasteiger charge is 2.02. The predicted octanol–water partition coefficient (Wildman–Crippen LogP) is 4.62. The van der Waals surface area contributed by atoms with Gasteiger partial charge in [0.2, 0.25) is 5.91 Å². The smallest absolute Gasteiger partial charge is 0.230 e. The number of amides is 1. The molecule has 0 saturated carbocycles. The first-order valence-electron chi connectivity index (χ1n) is 8.65. The molecule has 0 aliphatic heterocycles. The quantitative estimate of drug-likeness (QED) is 0.533. The maximum Gasteiger partial charge on any atom is 0.230 e. The van der Waals surface area contributed by atoms with E-state index in [0.717, 1.165) is 48.5 Å². The fourth-order valence-electron chi connectivity index (χ4n) is 2.24. The summed E-state index contributed by atoms with van der Waals surface area (Å²) < 4.78 is 0. The Morgan fingerprint density at radius 3 is 2.64 bits per heavy atom. The van der Waals surface area contributed by atoms with Gasteiger partial charge in [0.05, 0.1) is 5.75 Å². The highest BCUT2D eigenvalue weighted by Crippen LogP contribution is 2.19. The van der Waals surface area contributed by atoms with Gasteiger partial charge >= 0.3 is 0 Å². The number of allylic oxidation sites excluding steroid dienone is 2. The van der Waals surface area contributed by atoms with Crippen LogP contribution in [0.25, 0.3) is 0 Å². The van der Waals surface area contributed by atoms with Crippen LogP contribution in [-0.2, 0) is 4.79 Å². The summed E-state index contributed by atoms with van der Waals surface area (Å²) in [6, 6.07) is 8.29. The van der Waals surface area contributed by atoms with E-state index in [1.807, 2.05) is 27.1 Å². The van der Waals surface area contributed by atoms with Crippen molar-refractivity contribution in [1.82, 2.24) is 5.32 Å². The molecule has 1 rings (SSSR count). The molecule has 5 heteroatoms. The highest BCUT2D eigenvalue weighted by molar-refractivity contribution is 8.03. The van der Waals surface area contributed by atoms with Crippen LogP contribution in [0.2, 0.25) is 0 Å². The van der Waals surface area contributed by atoms with Crippen LogP contribution < -0.4 is 15.5 Å². The molecule has 1 aromatic rings. The van der Waals surface area contributed by atoms with Gasteiger partial charge in [-0.05, 0) is 49.3 Å². The molecule has 138 valence electrons. The second-order valence-electron chi connectivity index (χ2n) is 6.32. The number of nitrogens with zero attached hydrogens (tertiary/aromatic N) is 1. The lowest BCUT2D eigenvalue weighted by atomic mass is 10.1. The number of rotatable bonds is 12. The van der Waals surface area contributed by atoms with Crippen LogP contribution in [-0.4, -0.2) is 32.3 Å². The Bertz CT molecular complexity index is 584. The Morgan fingerprint density at radius 1 is 1.20 bits per heavy atom. The largest absolute Gasteiger partial charge is 0.378 e. The second-order valence-corrected chi connectivity index (χ2v) is 7.60. The summed E-state index contributed by atoms with van der Waals surface area (Å²) in [6.45, 7) is 10.5. The van der Waals surface area contributed by atoms with Crippen LogP contribution in [0, 0.1) is 0 Å². The van der Waals surface area contributed by atoms with Crippen molar-refractivity contribution in [2.45, 2.75) is 32.6 Å². The molecule has 4 nitrogen and oxygen atoms in total. The van der Waals surface area contributed by atoms with Crippen LogP contribution in [0.1, 0.15) is 32.6 Å². The zero-order valence-electron chi connectivity index (χ0n) is 15.7. The van der Waals surface area contributed by atoms with Gasteiger partial charge in [-0.25, -0.2) is 0 Å². The van der Waals surface area contributed by atoms with Crippen LogP contribution in [0.15, 0.2) is 48.0 Å². The van der Waals surface area contributed by atoms with E-state index in [1.54, 1.807) is 0 Å². The fourth-order valence-corrected chi connectivity index (χ4v) is 2.72. The van der Waals surface area contributed by atoms with E-state index in [2.05, 4.69) is 46.9 Å². The van der Waals surface area contributed by atoms with Crippen molar-refractivity contribution in [2.75, 3.05) is 36.6 Å². The van der Waals surface area contributed by atoms with Gasteiger partial charge in [0.15, 0.2) is 0 Å². The van der Waals surface area contributed by atoms with Crippen LogP contribution in [0.4, 0.5) is 11.4 Å². The van der Waals surface area contributed by atoms with Crippen LogP contribution in [0.5, 0.6) is 0 Å². The topological polar surface area (TPSA) is 44.4 Å². The zero-order valence-corrected chi connectivity index (χ0v) is 16.5. The molecule has 0 bridgehead atoms. The summed E-state index contributed by atoms with van der Waals surface area (Å²) in [7, 11) is 4.06. The van der Waals surface area contributed by atoms with Gasteiger partial charge in [0.1, 0.15) is 0 Å². The minimum Gasteiger partial charge on any atom is -0.378 e. The monoisotopic (exact) mass is 361 g/mol. The van der Waals surface area contributed by atoms with E-state index in [0.29, 0.717) is 5.75 Å². The number of benzene rings is 1. The Morgan fingerprint density at radius 2 is 1.96 bits per heavy atom. The van der Waals surface area contributed by atoms with E-state index < -0.39 is 0 Å². The van der Waals surface area contributed by atoms with Gasteiger partial charge in [0, 0.05) is 37.7 Å². The Balaban J connectivity index is 2.14. The van der Waals surface area contributed by atoms with Gasteiger partial charge < -0.3 is 15.5 Å². The Labute approximate surface area is 156 Å². The lowest BCUT2D eigenvalue weighted by Crippen LogP contribution is -2.26. The van der Waals surface area contributed by atoms with E-state index in [-0.39, 0.29) is 5.91 Å². The molecule has 0 atom stereocenters. The molecule has 0 radical (unpaired) electrons. The maximum absolute atomic E-state index is 11.6. The number of hydrogen-bond donors (Lipinski definition) is 2. The standard InChI is InChI=1S/C20H31N3OS/c1-16(2)25-15-20(24)21-13-8-6-7-10-17(3)22-18-11-9-12-19(14-18)23(4)5/h9,11-12,14,22H,1,3,6-8,10,13,15H2,2,4-5H3,(H,21,24). The first-order valence-corrected chi connectivity index (χ1v) is 9.64. The lowest BCUT2D eigenvalue weighted by Gasteiger charge is -2.15. The summed E-state index contributed by atoms with van der Waals surface area (Å²) in [5, 5.41) is 6.31. The van der Waals surface area contributed by atoms with Crippen molar-refractivity contribution >= 4 is 29.0 Å². The second kappa shape index (κ2) is 11.6. The number of hydrogen-bond acceptors (Lipinski definition) is 4. The van der Waals surface area contributed by atoms with Crippen LogP contribution in [0.3, 0.4) is 0 Å². The first kappa shape index (κ1) is 21.2. The number of carbonyl (C=O) groups excluding carboxylic acids is 1. The maximum atomic E-state index is 11.6. The molecule has 0 heterocycles. The molecule has 0 saturated heterocycles. The molecule has 1 amide bonds. The summed E-state index contributed by atoms with van der Waals surface area (Å²) in [5.74, 6) is 0.544. The molecule has 0 unspecified atom stereocenters. The molecule has 1 aromatic carbocycles. The van der Waals surface area contributed by atoms with Crippen LogP contribution >= 0.6 is 11.8 Å². The number of thioether (sulfide) groups is 1. The Kier molecular flexibility index (Phi) is 9.85. The molecule has 0 aromatic heterocycles. The van der Waals surface area contributed by atoms with Crippen molar-refractivity contribution in [3.8, 4) is 0 Å². The minimum atomic E-state index is 0.0832. The average molecular weight is 362 g/mol. The van der Waals surface area contributed by atoms with Gasteiger partial charge in [-0.15, -0.1) is 11.8 Å². The van der Waals surface area contributed by atoms with Gasteiger partial charge in [-0.2, -0.15) is 0 Å². The van der Waals surface area contributed by atoms with E-state index in [9.17, 15) is 4.79 Å². The van der Waals surface area contributed by atoms with Crippen molar-refractivity contribution in [1.29, 1.82) is 0 Å². The lowest BCUT2D eigenvalue weighted by molar-refractivity contribution is -0.118. The molecule has 0 spiro atoms. The van der Waals surface area contributed by atoms with Gasteiger partial charge in [-0.1, -0.05) is 25.6 Å². The predicted molar refractivity (Wildman–Crippen MR) is 112 cm³/mol. The molecule has 0 aliphatic rings. The SMILES string of the molecule is C=C(CCCCCNC(=O)CSC(=C)C)Nc1cccc(N(C)C)c1. The molecular formula is C20H31N3OS. The molecular weight excluding hydrogens is 330 g/mol. The number of carbonyl (C=O) groups is 1. The first-order chi connectivity index (χ1) is 11.9. The third-order valence-corrected chi connectivity index (χ3v) is 4.51. The minimum absolute atomic E-state index is 0.0832.